The van der Waals surface area contributed by atoms with Crippen molar-refractivity contribution in [2.24, 2.45) is 5.92 Å². The van der Waals surface area contributed by atoms with Gasteiger partial charge in [-0.15, -0.1) is 11.3 Å². The molecule has 1 saturated heterocycles. The van der Waals surface area contributed by atoms with Gasteiger partial charge in [0.2, 0.25) is 5.91 Å². The van der Waals surface area contributed by atoms with Crippen LogP contribution in [0, 0.1) is 5.92 Å². The molecule has 2 amide bonds. The highest BCUT2D eigenvalue weighted by molar-refractivity contribution is 7.12. The maximum absolute atomic E-state index is 13.3. The van der Waals surface area contributed by atoms with Gasteiger partial charge >= 0.3 is 0 Å². The Bertz CT molecular complexity index is 1150. The lowest BCUT2D eigenvalue weighted by Crippen LogP contribution is -2.63. The Morgan fingerprint density at radius 1 is 1.12 bits per heavy atom. The van der Waals surface area contributed by atoms with Crippen molar-refractivity contribution < 1.29 is 9.59 Å². The molecule has 2 aliphatic heterocycles. The van der Waals surface area contributed by atoms with Crippen molar-refractivity contribution in [3.63, 3.8) is 0 Å². The minimum Gasteiger partial charge on any atom is -0.358 e. The molecule has 5 rings (SSSR count). The average Bonchev–Trinajstić information content (AvgIpc) is 3.32. The van der Waals surface area contributed by atoms with Crippen molar-refractivity contribution in [1.82, 2.24) is 25.1 Å². The molecule has 166 valence electrons. The van der Waals surface area contributed by atoms with E-state index in [1.807, 2.05) is 60.5 Å². The molecule has 3 aromatic rings. The lowest BCUT2D eigenvalue weighted by Gasteiger charge is -2.42. The van der Waals surface area contributed by atoms with Crippen molar-refractivity contribution in [2.45, 2.75) is 32.6 Å². The highest BCUT2D eigenvalue weighted by Gasteiger charge is 2.35. The van der Waals surface area contributed by atoms with E-state index in [9.17, 15) is 9.59 Å². The largest absolute Gasteiger partial charge is 0.358 e. The number of benzene rings is 1. The maximum atomic E-state index is 13.3. The van der Waals surface area contributed by atoms with Crippen molar-refractivity contribution in [3.05, 3.63) is 52.5 Å². The number of carbonyl (C=O) groups excluding carboxylic acids is 2. The first-order valence-electron chi connectivity index (χ1n) is 10.9. The predicted octanol–water partition coefficient (Wildman–Crippen LogP) is 2.54. The number of nitrogens with one attached hydrogen (secondary N) is 2. The van der Waals surface area contributed by atoms with Crippen LogP contribution >= 0.6 is 11.3 Å². The van der Waals surface area contributed by atoms with E-state index in [4.69, 9.17) is 9.97 Å². The first-order valence-corrected chi connectivity index (χ1v) is 11.8. The molecule has 0 saturated carbocycles. The Morgan fingerprint density at radius 2 is 1.97 bits per heavy atom. The number of para-hydroxylation sites is 1. The zero-order valence-electron chi connectivity index (χ0n) is 18.1. The minimum absolute atomic E-state index is 0.00812. The Morgan fingerprint density at radius 3 is 2.75 bits per heavy atom. The monoisotopic (exact) mass is 450 g/mol. The van der Waals surface area contributed by atoms with E-state index in [2.05, 4.69) is 15.5 Å². The molecule has 0 aliphatic carbocycles. The van der Waals surface area contributed by atoms with Gasteiger partial charge in [-0.05, 0) is 29.5 Å². The van der Waals surface area contributed by atoms with Gasteiger partial charge < -0.3 is 15.5 Å². The fourth-order valence-corrected chi connectivity index (χ4v) is 5.00. The van der Waals surface area contributed by atoms with Crippen LogP contribution in [0.2, 0.25) is 0 Å². The van der Waals surface area contributed by atoms with Gasteiger partial charge in [-0.25, -0.2) is 9.97 Å². The summed E-state index contributed by atoms with van der Waals surface area (Å²) in [6.07, 6.45) is -0.306. The highest BCUT2D eigenvalue weighted by Crippen LogP contribution is 2.25. The molecule has 2 atom stereocenters. The summed E-state index contributed by atoms with van der Waals surface area (Å²) in [6.45, 7) is 6.17. The van der Waals surface area contributed by atoms with E-state index in [1.54, 1.807) is 0 Å². The molecular weight excluding hydrogens is 424 g/mol. The average molecular weight is 451 g/mol. The van der Waals surface area contributed by atoms with E-state index >= 15 is 0 Å². The highest BCUT2D eigenvalue weighted by atomic mass is 32.1. The molecule has 2 aromatic heterocycles. The number of rotatable bonds is 2. The summed E-state index contributed by atoms with van der Waals surface area (Å²) < 4.78 is 0. The van der Waals surface area contributed by atoms with Gasteiger partial charge in [-0.1, -0.05) is 32.0 Å². The number of fused-ring (bicyclic) bond motifs is 5. The van der Waals surface area contributed by atoms with Crippen molar-refractivity contribution in [1.29, 1.82) is 0 Å². The molecule has 1 unspecified atom stereocenters. The van der Waals surface area contributed by atoms with Crippen LogP contribution in [-0.2, 0) is 11.3 Å². The van der Waals surface area contributed by atoms with Gasteiger partial charge in [-0.3, -0.25) is 14.5 Å². The molecule has 1 fully saturated rings. The summed E-state index contributed by atoms with van der Waals surface area (Å²) in [4.78, 5) is 40.5. The number of hydrogen-bond acceptors (Lipinski definition) is 7. The molecule has 0 radical (unpaired) electrons. The van der Waals surface area contributed by atoms with Gasteiger partial charge in [0, 0.05) is 18.5 Å². The van der Waals surface area contributed by atoms with E-state index in [1.165, 1.54) is 11.3 Å². The van der Waals surface area contributed by atoms with Gasteiger partial charge in [0.1, 0.15) is 23.8 Å². The van der Waals surface area contributed by atoms with Crippen molar-refractivity contribution in [3.8, 4) is 0 Å². The third-order valence-corrected chi connectivity index (χ3v) is 6.91. The molecule has 9 heteroatoms. The van der Waals surface area contributed by atoms with Crippen molar-refractivity contribution in [2.75, 3.05) is 25.0 Å². The molecule has 4 heterocycles. The zero-order valence-corrected chi connectivity index (χ0v) is 18.9. The minimum atomic E-state index is -0.454. The number of carbonyl (C=O) groups is 2. The lowest BCUT2D eigenvalue weighted by molar-refractivity contribution is -0.125. The standard InChI is InChI=1S/C23H26N6O2S/c1-14(2)20-22(30)26-19-13-29(23(31)17-8-5-11-32-17)10-9-28(19)12-18-24-16-7-4-3-6-15(16)21(25-18)27-20/h3-8,11,14,19-20H,9-10,12-13H2,1-2H3,(H,26,30)(H,24,25,27)/t19?,20-/m0/s1. The summed E-state index contributed by atoms with van der Waals surface area (Å²) in [7, 11) is 0. The number of piperazine rings is 1. The maximum Gasteiger partial charge on any atom is 0.264 e. The molecule has 2 aliphatic rings. The number of amides is 2. The number of aromatic nitrogens is 2. The van der Waals surface area contributed by atoms with E-state index in [0.717, 1.165) is 10.9 Å². The second-order valence-corrected chi connectivity index (χ2v) is 9.54. The van der Waals surface area contributed by atoms with E-state index < -0.39 is 6.04 Å². The Labute approximate surface area is 190 Å². The van der Waals surface area contributed by atoms with Crippen LogP contribution in [0.15, 0.2) is 41.8 Å². The third kappa shape index (κ3) is 3.93. The second-order valence-electron chi connectivity index (χ2n) is 8.59. The lowest BCUT2D eigenvalue weighted by atomic mass is 10.0. The van der Waals surface area contributed by atoms with Crippen LogP contribution < -0.4 is 10.6 Å². The number of hydrogen-bond donors (Lipinski definition) is 2. The molecule has 0 spiro atoms. The molecule has 2 N–H and O–H groups in total. The fraction of sp³-hybridized carbons (Fsp3) is 0.391. The number of anilines is 1. The summed E-state index contributed by atoms with van der Waals surface area (Å²) >= 11 is 1.44. The summed E-state index contributed by atoms with van der Waals surface area (Å²) in [6, 6.07) is 11.1. The zero-order chi connectivity index (χ0) is 22.2. The first kappa shape index (κ1) is 20.8. The van der Waals surface area contributed by atoms with Gasteiger partial charge in [0.15, 0.2) is 0 Å². The third-order valence-electron chi connectivity index (χ3n) is 6.05. The quantitative estimate of drug-likeness (QED) is 0.624. The molecular formula is C23H26N6O2S. The molecule has 8 nitrogen and oxygen atoms in total. The second kappa shape index (κ2) is 8.48. The van der Waals surface area contributed by atoms with Crippen LogP contribution in [0.3, 0.4) is 0 Å². The summed E-state index contributed by atoms with van der Waals surface area (Å²) in [5.41, 5.74) is 0.853. The van der Waals surface area contributed by atoms with E-state index in [0.29, 0.717) is 42.7 Å². The van der Waals surface area contributed by atoms with Crippen LogP contribution in [0.5, 0.6) is 0 Å². The summed E-state index contributed by atoms with van der Waals surface area (Å²) in [5, 5.41) is 9.37. The Balaban J connectivity index is 1.50. The normalized spacial score (nSPS) is 21.7. The topological polar surface area (TPSA) is 90.5 Å². The Hall–Kier alpha value is -3.04. The fourth-order valence-electron chi connectivity index (χ4n) is 4.31. The predicted molar refractivity (Wildman–Crippen MR) is 124 cm³/mol. The Kier molecular flexibility index (Phi) is 5.52. The van der Waals surface area contributed by atoms with Crippen molar-refractivity contribution >= 4 is 39.9 Å². The number of nitrogens with zero attached hydrogens (tertiary/aromatic N) is 4. The first-order chi connectivity index (χ1) is 15.5. The van der Waals surface area contributed by atoms with Crippen LogP contribution in [0.25, 0.3) is 10.9 Å². The number of thiophene rings is 1. The molecule has 2 bridgehead atoms. The van der Waals surface area contributed by atoms with Crippen LogP contribution in [0.1, 0.15) is 29.3 Å². The summed E-state index contributed by atoms with van der Waals surface area (Å²) in [5.74, 6) is 1.35. The van der Waals surface area contributed by atoms with E-state index in [-0.39, 0.29) is 23.9 Å². The van der Waals surface area contributed by atoms with Gasteiger partial charge in [-0.2, -0.15) is 0 Å². The van der Waals surface area contributed by atoms with Crippen LogP contribution in [0.4, 0.5) is 5.82 Å². The smallest absolute Gasteiger partial charge is 0.264 e. The van der Waals surface area contributed by atoms with Crippen LogP contribution in [-0.4, -0.2) is 63.4 Å². The molecule has 1 aromatic carbocycles. The molecule has 32 heavy (non-hydrogen) atoms. The SMILES string of the molecule is CC(C)[C@@H]1Nc2nc(nc3ccccc23)CN2CCN(C(=O)c3cccs3)CC2NC1=O. The van der Waals surface area contributed by atoms with Gasteiger partial charge in [0.25, 0.3) is 5.91 Å². The van der Waals surface area contributed by atoms with Gasteiger partial charge in [0.05, 0.1) is 23.5 Å².